The molecule has 0 spiro atoms. The van der Waals surface area contributed by atoms with Gasteiger partial charge in [0.15, 0.2) is 23.0 Å². The second-order valence-corrected chi connectivity index (χ2v) is 35.9. The fourth-order valence-electron chi connectivity index (χ4n) is 20.0. The first kappa shape index (κ1) is 100. The SMILES string of the molecule is C.C1CCC(N2CCCCC2)CC1.CCCCCCCC(=O)C[C@H](CN1CCCC1)[C@H](O)c1ccc2c(c1)OCCO2.CCCCCCCC(=O)C[C@H](CN1CCCC1)[C@H](OC(=O)N1CCC(N2CCCCC2)CC1)c1ccc2c(c1)OCCO2.Cl.Cl.O=C(Cl)N1CCC(N2CCCCC2)CC1.O=C(Cl)N1CCC(N2CCCCC2)CC1. The summed E-state index contributed by atoms with van der Waals surface area (Å²) < 4.78 is 29.5. The van der Waals surface area contributed by atoms with E-state index in [1.807, 2.05) is 41.3 Å². The number of fused-ring (bicyclic) bond motifs is 2. The number of ether oxygens (including phenoxy) is 5. The summed E-state index contributed by atoms with van der Waals surface area (Å²) in [6.45, 7) is 27.2. The number of Topliss-reactive ketones (excluding diaryl/α,β-unsaturated/α-hetero) is 2. The molecule has 1 N–H and O–H groups in total. The molecular formula is C93H157Cl4N9O11. The molecule has 20 nitrogen and oxygen atoms in total. The monoisotopic (exact) mass is 1720 g/mol. The summed E-state index contributed by atoms with van der Waals surface area (Å²) in [5, 5.41) is 10.6. The summed E-state index contributed by atoms with van der Waals surface area (Å²) in [5.74, 6) is 3.19. The Hall–Kier alpha value is -3.93. The van der Waals surface area contributed by atoms with Gasteiger partial charge in [0.1, 0.15) is 44.1 Å². The van der Waals surface area contributed by atoms with Gasteiger partial charge in [-0.3, -0.25) is 19.2 Å². The lowest BCUT2D eigenvalue weighted by atomic mass is 9.89. The minimum Gasteiger partial charge on any atom is -0.486 e. The average molecular weight is 1720 g/mol. The van der Waals surface area contributed by atoms with Gasteiger partial charge in [0.05, 0.1) is 6.10 Å². The second kappa shape index (κ2) is 56.8. The van der Waals surface area contributed by atoms with E-state index in [1.54, 1.807) is 9.80 Å². The number of aliphatic hydroxyl groups excluding tert-OH is 1. The third-order valence-corrected chi connectivity index (χ3v) is 27.2. The average Bonchev–Trinajstić information content (AvgIpc) is 1.62. The van der Waals surface area contributed by atoms with E-state index in [1.165, 1.54) is 226 Å². The molecule has 1 saturated carbocycles. The van der Waals surface area contributed by atoms with Crippen LogP contribution in [0.25, 0.3) is 0 Å². The Balaban J connectivity index is 0.000000219. The number of aliphatic hydroxyl groups is 1. The zero-order valence-corrected chi connectivity index (χ0v) is 74.8. The highest BCUT2D eigenvalue weighted by molar-refractivity contribution is 6.63. The second-order valence-electron chi connectivity index (χ2n) is 35.2. The molecule has 12 aliphatic rings. The number of amides is 3. The number of unbranched alkanes of at least 4 members (excludes halogenated alkanes) is 8. The first-order valence-corrected chi connectivity index (χ1v) is 47.3. The molecule has 11 aliphatic heterocycles. The van der Waals surface area contributed by atoms with E-state index in [0.29, 0.717) is 81.7 Å². The summed E-state index contributed by atoms with van der Waals surface area (Å²) in [4.78, 5) is 82.6. The van der Waals surface area contributed by atoms with Gasteiger partial charge in [0.25, 0.3) is 0 Å². The number of ketones is 2. The molecule has 117 heavy (non-hydrogen) atoms. The maximum absolute atomic E-state index is 13.8. The number of rotatable bonds is 29. The van der Waals surface area contributed by atoms with Crippen LogP contribution in [0, 0.1) is 11.8 Å². The van der Waals surface area contributed by atoms with Gasteiger partial charge >= 0.3 is 16.8 Å². The van der Waals surface area contributed by atoms with E-state index in [0.717, 1.165) is 171 Å². The van der Waals surface area contributed by atoms with Gasteiger partial charge in [-0.15, -0.1) is 24.8 Å². The highest BCUT2D eigenvalue weighted by atomic mass is 35.5. The first-order valence-electron chi connectivity index (χ1n) is 46.5. The molecule has 11 heterocycles. The van der Waals surface area contributed by atoms with Crippen molar-refractivity contribution in [3.63, 3.8) is 0 Å². The normalized spacial score (nSPS) is 22.0. The molecule has 9 saturated heterocycles. The molecule has 0 bridgehead atoms. The van der Waals surface area contributed by atoms with Gasteiger partial charge < -0.3 is 72.9 Å². The number of likely N-dealkylation sites (tertiary alicyclic amines) is 9. The van der Waals surface area contributed by atoms with Crippen LogP contribution in [-0.2, 0) is 14.3 Å². The molecule has 3 amide bonds. The predicted molar refractivity (Wildman–Crippen MR) is 479 cm³/mol. The van der Waals surface area contributed by atoms with Gasteiger partial charge in [-0.2, -0.15) is 0 Å². The molecule has 24 heteroatoms. The summed E-state index contributed by atoms with van der Waals surface area (Å²) in [6, 6.07) is 14.5. The van der Waals surface area contributed by atoms with Crippen LogP contribution in [0.2, 0.25) is 0 Å². The smallest absolute Gasteiger partial charge is 0.410 e. The standard InChI is InChI=1S/C35H55N3O5.C24H37NO4.2C11H19ClN2O.C11H21N.CH4.2ClH/c1-2-3-4-5-7-12-31(39)25-29(27-36-17-10-11-18-36)34(28-13-14-32-33(26-28)42-24-23-41-32)43-35(40)38-21-15-30(16-22-38)37-19-8-6-9-20-37;1-2-3-4-5-6-9-21(26)16-20(18-25-12-7-8-13-25)24(27)19-10-11-22-23(17-19)29-15-14-28-22;2*12-11(15)14-8-4-10(5-9-14)13-6-2-1-3-7-13;1-3-7-11(8-4-1)12-9-5-2-6-10-12;;;/h13-14,26,29-30,34H,2-12,15-25,27H2,1H3;10-11,17,20,24,27H,2-9,12-16,18H2,1H3;2*10H,1-9H2;11H,1-10H2;1H4;2*1H/t29-,34-;20-,24-;;;;;;/m11....../s1. The van der Waals surface area contributed by atoms with Crippen molar-refractivity contribution in [3.05, 3.63) is 47.5 Å². The fourth-order valence-corrected chi connectivity index (χ4v) is 20.3. The van der Waals surface area contributed by atoms with Crippen molar-refractivity contribution in [2.45, 2.75) is 321 Å². The molecular weight excluding hydrogens is 1560 g/mol. The van der Waals surface area contributed by atoms with Crippen molar-refractivity contribution >= 4 is 76.4 Å². The maximum Gasteiger partial charge on any atom is 0.410 e. The molecule has 2 aromatic rings. The number of nitrogens with zero attached hydrogens (tertiary/aromatic N) is 9. The summed E-state index contributed by atoms with van der Waals surface area (Å²) in [7, 11) is 0. The first-order chi connectivity index (χ1) is 55.8. The van der Waals surface area contributed by atoms with Crippen molar-refractivity contribution in [2.75, 3.05) is 157 Å². The molecule has 4 atom stereocenters. The summed E-state index contributed by atoms with van der Waals surface area (Å²) in [5.41, 5.74) is 1.70. The van der Waals surface area contributed by atoms with Gasteiger partial charge in [0.2, 0.25) is 0 Å². The van der Waals surface area contributed by atoms with Gasteiger partial charge in [0, 0.05) is 114 Å². The summed E-state index contributed by atoms with van der Waals surface area (Å²) >= 11 is 10.9. The van der Waals surface area contributed by atoms with E-state index >= 15 is 0 Å². The van der Waals surface area contributed by atoms with Crippen molar-refractivity contribution < 1.29 is 52.8 Å². The van der Waals surface area contributed by atoms with Crippen LogP contribution in [0.5, 0.6) is 23.0 Å². The van der Waals surface area contributed by atoms with E-state index < -0.39 is 12.2 Å². The number of halogens is 4. The Morgan fingerprint density at radius 2 is 0.701 bits per heavy atom. The largest absolute Gasteiger partial charge is 0.486 e. The molecule has 14 rings (SSSR count). The number of carbonyl (C=O) groups is 5. The third kappa shape index (κ3) is 34.6. The molecule has 10 fully saturated rings. The minimum atomic E-state index is -0.671. The highest BCUT2D eigenvalue weighted by Crippen LogP contribution is 2.41. The molecule has 668 valence electrons. The van der Waals surface area contributed by atoms with E-state index in [2.05, 4.69) is 43.2 Å². The fraction of sp³-hybridized carbons (Fsp3) is 0.817. The van der Waals surface area contributed by atoms with Crippen LogP contribution >= 0.6 is 48.0 Å². The third-order valence-electron chi connectivity index (χ3n) is 26.7. The van der Waals surface area contributed by atoms with Crippen molar-refractivity contribution in [1.29, 1.82) is 0 Å². The molecule has 1 aliphatic carbocycles. The lowest BCUT2D eigenvalue weighted by Gasteiger charge is -2.40. The number of piperidine rings is 7. The van der Waals surface area contributed by atoms with Crippen LogP contribution in [0.3, 0.4) is 0 Å². The van der Waals surface area contributed by atoms with Gasteiger partial charge in [-0.25, -0.2) is 4.79 Å². The van der Waals surface area contributed by atoms with Crippen LogP contribution < -0.4 is 18.9 Å². The van der Waals surface area contributed by atoms with Crippen LogP contribution in [-0.4, -0.2) is 259 Å². The Kier molecular flexibility index (Phi) is 48.6. The molecule has 0 unspecified atom stereocenters. The van der Waals surface area contributed by atoms with Crippen LogP contribution in [0.15, 0.2) is 36.4 Å². The van der Waals surface area contributed by atoms with Crippen molar-refractivity contribution in [3.8, 4) is 23.0 Å². The maximum atomic E-state index is 13.8. The van der Waals surface area contributed by atoms with Crippen LogP contribution in [0.4, 0.5) is 14.4 Å². The molecule has 0 aromatic heterocycles. The zero-order valence-electron chi connectivity index (χ0n) is 71.7. The summed E-state index contributed by atoms with van der Waals surface area (Å²) in [6.07, 6.45) is 47.1. The Labute approximate surface area is 729 Å². The van der Waals surface area contributed by atoms with E-state index in [-0.39, 0.29) is 72.5 Å². The Morgan fingerprint density at radius 3 is 1.09 bits per heavy atom. The van der Waals surface area contributed by atoms with Gasteiger partial charge in [-0.1, -0.05) is 130 Å². The predicted octanol–water partition coefficient (Wildman–Crippen LogP) is 20.0. The highest BCUT2D eigenvalue weighted by Gasteiger charge is 2.37. The lowest BCUT2D eigenvalue weighted by Crippen LogP contribution is -2.48. The Bertz CT molecular complexity index is 3000. The lowest BCUT2D eigenvalue weighted by molar-refractivity contribution is -0.122. The van der Waals surface area contributed by atoms with Crippen molar-refractivity contribution in [1.82, 2.24) is 44.1 Å². The Morgan fingerprint density at radius 1 is 0.385 bits per heavy atom. The van der Waals surface area contributed by atoms with E-state index in [9.17, 15) is 29.1 Å². The zero-order chi connectivity index (χ0) is 79.9. The minimum absolute atomic E-state index is 0. The van der Waals surface area contributed by atoms with Crippen molar-refractivity contribution in [2.24, 2.45) is 11.8 Å². The number of hydrogen-bond donors (Lipinski definition) is 1. The molecule has 0 radical (unpaired) electrons. The quantitative estimate of drug-likeness (QED) is 0.0461. The number of benzene rings is 2. The topological polar surface area (TPSA) is 181 Å². The molecule has 2 aromatic carbocycles. The number of hydrogen-bond acceptors (Lipinski definition) is 17. The van der Waals surface area contributed by atoms with E-state index in [4.69, 9.17) is 46.9 Å². The van der Waals surface area contributed by atoms with Crippen LogP contribution in [0.1, 0.15) is 308 Å². The number of carbonyl (C=O) groups excluding carboxylic acids is 5. The van der Waals surface area contributed by atoms with Gasteiger partial charge in [-0.05, 0) is 278 Å².